The molecule has 32 heavy (non-hydrogen) atoms. The number of likely N-dealkylation sites (N-methyl/N-ethyl adjacent to an activating group) is 1. The van der Waals surface area contributed by atoms with Crippen molar-refractivity contribution in [3.05, 3.63) is 45.4 Å². The predicted octanol–water partition coefficient (Wildman–Crippen LogP) is 4.35. The third-order valence-corrected chi connectivity index (χ3v) is 6.15. The van der Waals surface area contributed by atoms with Crippen molar-refractivity contribution in [2.75, 3.05) is 42.0 Å². The van der Waals surface area contributed by atoms with E-state index in [1.165, 1.54) is 6.92 Å². The van der Waals surface area contributed by atoms with Crippen molar-refractivity contribution in [2.45, 2.75) is 25.7 Å². The quantitative estimate of drug-likeness (QED) is 0.478. The monoisotopic (exact) mass is 504 g/mol. The van der Waals surface area contributed by atoms with Crippen LogP contribution < -0.4 is 18.9 Å². The molecule has 0 N–H and O–H groups in total. The van der Waals surface area contributed by atoms with Crippen molar-refractivity contribution in [1.82, 2.24) is 4.90 Å². The lowest BCUT2D eigenvalue weighted by Gasteiger charge is -2.21. The molecule has 172 valence electrons. The molecule has 0 aliphatic rings. The molecule has 0 aliphatic carbocycles. The maximum atomic E-state index is 11.7. The van der Waals surface area contributed by atoms with Crippen molar-refractivity contribution in [2.24, 2.45) is 0 Å². The zero-order valence-electron chi connectivity index (χ0n) is 19.3. The van der Waals surface area contributed by atoms with Gasteiger partial charge in [-0.25, -0.2) is 0 Å². The Labute approximate surface area is 198 Å². The molecule has 0 spiro atoms. The minimum atomic E-state index is -0.457. The van der Waals surface area contributed by atoms with Crippen molar-refractivity contribution >= 4 is 21.8 Å². The van der Waals surface area contributed by atoms with Crippen molar-refractivity contribution in [3.63, 3.8) is 0 Å². The predicted molar refractivity (Wildman–Crippen MR) is 126 cm³/mol. The van der Waals surface area contributed by atoms with Gasteiger partial charge >= 0.3 is 0 Å². The van der Waals surface area contributed by atoms with Gasteiger partial charge in [0.25, 0.3) is 0 Å². The first kappa shape index (κ1) is 25.3. The van der Waals surface area contributed by atoms with E-state index >= 15 is 0 Å². The third kappa shape index (κ3) is 5.86. The zero-order chi connectivity index (χ0) is 23.8. The largest absolute Gasteiger partial charge is 0.493 e. The molecule has 1 atom stereocenters. The summed E-state index contributed by atoms with van der Waals surface area (Å²) in [4.78, 5) is 13.3. The SMILES string of the molecule is COc1cc(Br)c(CC(C#N)c2cc(OC)c(OC)cc2CCN(C)C(C)=O)cc1OC. The lowest BCUT2D eigenvalue weighted by atomic mass is 9.88. The van der Waals surface area contributed by atoms with E-state index in [0.29, 0.717) is 42.4 Å². The zero-order valence-corrected chi connectivity index (χ0v) is 20.9. The van der Waals surface area contributed by atoms with E-state index in [-0.39, 0.29) is 5.91 Å². The minimum absolute atomic E-state index is 0.0156. The van der Waals surface area contributed by atoms with E-state index in [4.69, 9.17) is 18.9 Å². The van der Waals surface area contributed by atoms with E-state index < -0.39 is 5.92 Å². The molecule has 0 fully saturated rings. The van der Waals surface area contributed by atoms with Crippen LogP contribution in [-0.2, 0) is 17.6 Å². The van der Waals surface area contributed by atoms with Gasteiger partial charge in [0.05, 0.1) is 40.4 Å². The van der Waals surface area contributed by atoms with Crippen molar-refractivity contribution < 1.29 is 23.7 Å². The highest BCUT2D eigenvalue weighted by atomic mass is 79.9. The van der Waals surface area contributed by atoms with Gasteiger partial charge in [-0.3, -0.25) is 4.79 Å². The summed E-state index contributed by atoms with van der Waals surface area (Å²) in [6.45, 7) is 2.05. The number of hydrogen-bond donors (Lipinski definition) is 0. The Morgan fingerprint density at radius 1 is 0.969 bits per heavy atom. The molecule has 0 saturated carbocycles. The number of hydrogen-bond acceptors (Lipinski definition) is 6. The molecule has 0 heterocycles. The molecule has 0 bridgehead atoms. The fourth-order valence-corrected chi connectivity index (χ4v) is 3.91. The number of methoxy groups -OCH3 is 4. The fraction of sp³-hybridized carbons (Fsp3) is 0.417. The first-order chi connectivity index (χ1) is 15.3. The molecule has 0 aromatic heterocycles. The number of nitriles is 1. The summed E-state index contributed by atoms with van der Waals surface area (Å²) >= 11 is 3.58. The highest BCUT2D eigenvalue weighted by Gasteiger charge is 2.22. The molecule has 0 aliphatic heterocycles. The summed E-state index contributed by atoms with van der Waals surface area (Å²) in [5.74, 6) is 1.87. The van der Waals surface area contributed by atoms with Gasteiger partial charge in [-0.1, -0.05) is 15.9 Å². The Bertz CT molecular complexity index is 1000. The second-order valence-electron chi connectivity index (χ2n) is 7.28. The molecule has 8 heteroatoms. The Morgan fingerprint density at radius 2 is 1.47 bits per heavy atom. The molecule has 2 aromatic rings. The van der Waals surface area contributed by atoms with Crippen molar-refractivity contribution in [1.29, 1.82) is 5.26 Å². The number of amides is 1. The van der Waals surface area contributed by atoms with Crippen LogP contribution in [0.15, 0.2) is 28.7 Å². The maximum absolute atomic E-state index is 11.7. The summed E-state index contributed by atoms with van der Waals surface area (Å²) in [5.41, 5.74) is 2.68. The lowest BCUT2D eigenvalue weighted by molar-refractivity contribution is -0.127. The van der Waals surface area contributed by atoms with Crippen molar-refractivity contribution in [3.8, 4) is 29.1 Å². The van der Waals surface area contributed by atoms with Gasteiger partial charge in [0.1, 0.15) is 0 Å². The van der Waals surface area contributed by atoms with E-state index in [9.17, 15) is 10.1 Å². The molecular formula is C24H29BrN2O5. The Balaban J connectivity index is 2.50. The summed E-state index contributed by atoms with van der Waals surface area (Å²) in [6.07, 6.45) is 1.03. The first-order valence-corrected chi connectivity index (χ1v) is 10.8. The fourth-order valence-electron chi connectivity index (χ4n) is 3.42. The number of carbonyl (C=O) groups excluding carboxylic acids is 1. The van der Waals surface area contributed by atoms with Gasteiger partial charge in [-0.15, -0.1) is 0 Å². The molecule has 1 unspecified atom stereocenters. The molecule has 7 nitrogen and oxygen atoms in total. The third-order valence-electron chi connectivity index (χ3n) is 5.41. The van der Waals surface area contributed by atoms with Crippen LogP contribution >= 0.6 is 15.9 Å². The van der Waals surface area contributed by atoms with Crippen LogP contribution in [0.3, 0.4) is 0 Å². The second-order valence-corrected chi connectivity index (χ2v) is 8.14. The molecular weight excluding hydrogens is 476 g/mol. The van der Waals surface area contributed by atoms with Gasteiger partial charge < -0.3 is 23.8 Å². The van der Waals surface area contributed by atoms with E-state index in [1.807, 2.05) is 24.3 Å². The number of ether oxygens (including phenoxy) is 4. The van der Waals surface area contributed by atoms with Crippen LogP contribution in [0.4, 0.5) is 0 Å². The Morgan fingerprint density at radius 3 is 1.97 bits per heavy atom. The molecule has 0 saturated heterocycles. The average Bonchev–Trinajstić information content (AvgIpc) is 2.80. The maximum Gasteiger partial charge on any atom is 0.219 e. The normalized spacial score (nSPS) is 11.3. The first-order valence-electron chi connectivity index (χ1n) is 10.1. The number of benzene rings is 2. The van der Waals surface area contributed by atoms with Gasteiger partial charge in [0.2, 0.25) is 5.91 Å². The van der Waals surface area contributed by atoms with Gasteiger partial charge in [0, 0.05) is 25.0 Å². The van der Waals surface area contributed by atoms with Crippen LogP contribution in [0.1, 0.15) is 29.5 Å². The van der Waals surface area contributed by atoms with Gasteiger partial charge in [0.15, 0.2) is 23.0 Å². The number of rotatable bonds is 10. The highest BCUT2D eigenvalue weighted by Crippen LogP contribution is 2.38. The van der Waals surface area contributed by atoms with Crippen LogP contribution in [-0.4, -0.2) is 52.8 Å². The van der Waals surface area contributed by atoms with Crippen LogP contribution in [0, 0.1) is 11.3 Å². The van der Waals surface area contributed by atoms with E-state index in [0.717, 1.165) is 21.2 Å². The Kier molecular flexibility index (Phi) is 9.21. The highest BCUT2D eigenvalue weighted by molar-refractivity contribution is 9.10. The molecule has 1 amide bonds. The topological polar surface area (TPSA) is 81.0 Å². The number of halogens is 1. The standard InChI is InChI=1S/C24H29BrN2O5/c1-15(28)27(2)8-7-16-10-21(29-3)23(31-5)12-19(16)18(14-26)9-17-11-22(30-4)24(32-6)13-20(17)25/h10-13,18H,7-9H2,1-6H3. The van der Waals surface area contributed by atoms with Gasteiger partial charge in [-0.2, -0.15) is 5.26 Å². The smallest absolute Gasteiger partial charge is 0.219 e. The molecule has 2 aromatic carbocycles. The van der Waals surface area contributed by atoms with E-state index in [2.05, 4.69) is 22.0 Å². The summed E-state index contributed by atoms with van der Waals surface area (Å²) in [5, 5.41) is 10.1. The minimum Gasteiger partial charge on any atom is -0.493 e. The summed E-state index contributed by atoms with van der Waals surface area (Å²) < 4.78 is 22.6. The van der Waals surface area contributed by atoms with Crippen LogP contribution in [0.25, 0.3) is 0 Å². The average molecular weight is 505 g/mol. The summed E-state index contributed by atoms with van der Waals surface area (Å²) in [7, 11) is 8.05. The summed E-state index contributed by atoms with van der Waals surface area (Å²) in [6, 6.07) is 9.87. The lowest BCUT2D eigenvalue weighted by Crippen LogP contribution is -2.26. The van der Waals surface area contributed by atoms with Crippen LogP contribution in [0.2, 0.25) is 0 Å². The van der Waals surface area contributed by atoms with Crippen LogP contribution in [0.5, 0.6) is 23.0 Å². The molecule has 2 rings (SSSR count). The van der Waals surface area contributed by atoms with E-state index in [1.54, 1.807) is 40.4 Å². The number of carbonyl (C=O) groups is 1. The Hall–Kier alpha value is -2.92. The number of nitrogens with zero attached hydrogens (tertiary/aromatic N) is 2. The molecule has 0 radical (unpaired) electrons. The second kappa shape index (κ2) is 11.6. The van der Waals surface area contributed by atoms with Gasteiger partial charge in [-0.05, 0) is 53.8 Å².